The number of aromatic nitrogens is 2. The van der Waals surface area contributed by atoms with Crippen LogP contribution in [0.15, 0.2) is 28.9 Å². The predicted octanol–water partition coefficient (Wildman–Crippen LogP) is 2.56. The lowest BCUT2D eigenvalue weighted by molar-refractivity contribution is -0.110. The molecule has 1 atom stereocenters. The van der Waals surface area contributed by atoms with Crippen molar-refractivity contribution in [2.24, 2.45) is 0 Å². The molecule has 0 N–H and O–H groups in total. The number of halogens is 1. The summed E-state index contributed by atoms with van der Waals surface area (Å²) in [7, 11) is 0. The summed E-state index contributed by atoms with van der Waals surface area (Å²) in [6, 6.07) is 5.62. The van der Waals surface area contributed by atoms with Crippen LogP contribution in [0.1, 0.15) is 13.0 Å². The van der Waals surface area contributed by atoms with Crippen molar-refractivity contribution in [3.63, 3.8) is 0 Å². The highest BCUT2D eigenvalue weighted by Crippen LogP contribution is 2.24. The average molecular weight is 253 g/mol. The lowest BCUT2D eigenvalue weighted by Crippen LogP contribution is -2.07. The van der Waals surface area contributed by atoms with E-state index in [4.69, 9.17) is 0 Å². The number of hydrogen-bond acceptors (Lipinski definition) is 2. The van der Waals surface area contributed by atoms with Crippen LogP contribution in [0.3, 0.4) is 0 Å². The van der Waals surface area contributed by atoms with E-state index >= 15 is 0 Å². The summed E-state index contributed by atoms with van der Waals surface area (Å²) in [6.07, 6.45) is 2.65. The molecule has 1 heterocycles. The summed E-state index contributed by atoms with van der Waals surface area (Å²) in [4.78, 5) is 10.7. The van der Waals surface area contributed by atoms with Gasteiger partial charge >= 0.3 is 0 Å². The topological polar surface area (TPSA) is 34.9 Å². The highest BCUT2D eigenvalue weighted by Gasteiger charge is 2.09. The van der Waals surface area contributed by atoms with E-state index in [2.05, 4.69) is 21.0 Å². The fourth-order valence-corrected chi connectivity index (χ4v) is 1.88. The molecule has 0 fully saturated rings. The second kappa shape index (κ2) is 3.53. The minimum absolute atomic E-state index is 0.221. The molecule has 0 spiro atoms. The van der Waals surface area contributed by atoms with Crippen LogP contribution in [0.2, 0.25) is 0 Å². The molecule has 0 saturated carbocycles. The third-order valence-electron chi connectivity index (χ3n) is 2.17. The van der Waals surface area contributed by atoms with E-state index in [0.29, 0.717) is 0 Å². The molecule has 0 bridgehead atoms. The van der Waals surface area contributed by atoms with Crippen LogP contribution >= 0.6 is 15.9 Å². The van der Waals surface area contributed by atoms with Crippen LogP contribution < -0.4 is 0 Å². The van der Waals surface area contributed by atoms with Crippen molar-refractivity contribution in [1.29, 1.82) is 0 Å². The van der Waals surface area contributed by atoms with Crippen molar-refractivity contribution >= 4 is 33.1 Å². The zero-order chi connectivity index (χ0) is 10.1. The predicted molar refractivity (Wildman–Crippen MR) is 58.2 cm³/mol. The second-order valence-corrected chi connectivity index (χ2v) is 3.99. The summed E-state index contributed by atoms with van der Waals surface area (Å²) in [5, 5.41) is 5.21. The second-order valence-electron chi connectivity index (χ2n) is 3.14. The van der Waals surface area contributed by atoms with Gasteiger partial charge < -0.3 is 4.79 Å². The molecule has 72 valence electrons. The molecular formula is C10H9BrN2O. The molecule has 0 aliphatic carbocycles. The average Bonchev–Trinajstić information content (AvgIpc) is 2.62. The van der Waals surface area contributed by atoms with Gasteiger partial charge in [-0.1, -0.05) is 22.0 Å². The third kappa shape index (κ3) is 1.35. The van der Waals surface area contributed by atoms with E-state index in [1.165, 1.54) is 0 Å². The quantitative estimate of drug-likeness (QED) is 0.771. The van der Waals surface area contributed by atoms with E-state index in [9.17, 15) is 4.79 Å². The smallest absolute Gasteiger partial charge is 0.144 e. The molecule has 0 radical (unpaired) electrons. The summed E-state index contributed by atoms with van der Waals surface area (Å²) in [5.74, 6) is 0. The normalized spacial score (nSPS) is 13.0. The van der Waals surface area contributed by atoms with Gasteiger partial charge in [-0.25, -0.2) is 0 Å². The number of benzene rings is 1. The Labute approximate surface area is 89.8 Å². The highest BCUT2D eigenvalue weighted by atomic mass is 79.9. The summed E-state index contributed by atoms with van der Waals surface area (Å²) in [6.45, 7) is 1.82. The van der Waals surface area contributed by atoms with E-state index in [1.807, 2.05) is 25.1 Å². The lowest BCUT2D eigenvalue weighted by atomic mass is 10.2. The van der Waals surface area contributed by atoms with Gasteiger partial charge in [0, 0.05) is 9.86 Å². The monoisotopic (exact) mass is 252 g/mol. The molecule has 4 heteroatoms. The van der Waals surface area contributed by atoms with E-state index < -0.39 is 0 Å². The van der Waals surface area contributed by atoms with Crippen molar-refractivity contribution in [1.82, 2.24) is 9.78 Å². The molecule has 1 aromatic heterocycles. The molecule has 2 rings (SSSR count). The number of fused-ring (bicyclic) bond motifs is 1. The molecule has 1 unspecified atom stereocenters. The van der Waals surface area contributed by atoms with Gasteiger partial charge in [-0.3, -0.25) is 4.68 Å². The molecule has 14 heavy (non-hydrogen) atoms. The Hall–Kier alpha value is -1.16. The third-order valence-corrected chi connectivity index (χ3v) is 2.86. The van der Waals surface area contributed by atoms with Gasteiger partial charge in [-0.2, -0.15) is 5.10 Å². The lowest BCUT2D eigenvalue weighted by Gasteiger charge is -2.05. The summed E-state index contributed by atoms with van der Waals surface area (Å²) < 4.78 is 2.71. The Morgan fingerprint density at radius 2 is 2.36 bits per heavy atom. The molecule has 0 saturated heterocycles. The Bertz CT molecular complexity index is 478. The highest BCUT2D eigenvalue weighted by molar-refractivity contribution is 9.10. The van der Waals surface area contributed by atoms with Crippen LogP contribution in [0.4, 0.5) is 0 Å². The van der Waals surface area contributed by atoms with Crippen molar-refractivity contribution in [2.75, 3.05) is 0 Å². The molecular weight excluding hydrogens is 244 g/mol. The fraction of sp³-hybridized carbons (Fsp3) is 0.200. The largest absolute Gasteiger partial charge is 0.301 e. The van der Waals surface area contributed by atoms with E-state index in [-0.39, 0.29) is 6.04 Å². The Morgan fingerprint density at radius 1 is 1.57 bits per heavy atom. The molecule has 3 nitrogen and oxygen atoms in total. The summed E-state index contributed by atoms with van der Waals surface area (Å²) in [5.41, 5.74) is 0.971. The Balaban J connectivity index is 2.69. The zero-order valence-corrected chi connectivity index (χ0v) is 9.23. The molecule has 2 aromatic rings. The first kappa shape index (κ1) is 9.40. The van der Waals surface area contributed by atoms with Crippen LogP contribution in [0.5, 0.6) is 0 Å². The van der Waals surface area contributed by atoms with Gasteiger partial charge in [-0.05, 0) is 19.1 Å². The van der Waals surface area contributed by atoms with Crippen molar-refractivity contribution in [3.05, 3.63) is 28.9 Å². The standard InChI is InChI=1S/C10H9BrN2O/c1-7(6-14)13-10-4-2-3-9(11)8(10)5-12-13/h2-7H,1H3. The van der Waals surface area contributed by atoms with Crippen LogP contribution in [-0.4, -0.2) is 16.1 Å². The first-order valence-electron chi connectivity index (χ1n) is 4.31. The van der Waals surface area contributed by atoms with Gasteiger partial charge in [0.2, 0.25) is 0 Å². The van der Waals surface area contributed by atoms with Crippen molar-refractivity contribution in [2.45, 2.75) is 13.0 Å². The SMILES string of the molecule is CC(C=O)n1ncc2c(Br)cccc21. The molecule has 0 amide bonds. The van der Waals surface area contributed by atoms with Crippen LogP contribution in [0.25, 0.3) is 10.9 Å². The Morgan fingerprint density at radius 3 is 3.07 bits per heavy atom. The van der Waals surface area contributed by atoms with Crippen molar-refractivity contribution in [3.8, 4) is 0 Å². The maximum absolute atomic E-state index is 10.7. The van der Waals surface area contributed by atoms with Gasteiger partial charge in [0.1, 0.15) is 12.3 Å². The zero-order valence-electron chi connectivity index (χ0n) is 7.64. The summed E-state index contributed by atoms with van der Waals surface area (Å²) >= 11 is 3.44. The molecule has 1 aromatic carbocycles. The number of aldehydes is 1. The number of carbonyl (C=O) groups excluding carboxylic acids is 1. The van der Waals surface area contributed by atoms with Gasteiger partial charge in [0.25, 0.3) is 0 Å². The van der Waals surface area contributed by atoms with E-state index in [0.717, 1.165) is 21.7 Å². The fourth-order valence-electron chi connectivity index (χ4n) is 1.42. The number of rotatable bonds is 2. The number of carbonyl (C=O) groups is 1. The van der Waals surface area contributed by atoms with Crippen LogP contribution in [-0.2, 0) is 4.79 Å². The number of nitrogens with zero attached hydrogens (tertiary/aromatic N) is 2. The van der Waals surface area contributed by atoms with Gasteiger partial charge in [0.15, 0.2) is 0 Å². The number of hydrogen-bond donors (Lipinski definition) is 0. The first-order chi connectivity index (χ1) is 6.74. The van der Waals surface area contributed by atoms with Gasteiger partial charge in [-0.15, -0.1) is 0 Å². The maximum Gasteiger partial charge on any atom is 0.144 e. The molecule has 0 aliphatic heterocycles. The van der Waals surface area contributed by atoms with Crippen molar-refractivity contribution < 1.29 is 4.79 Å². The van der Waals surface area contributed by atoms with Gasteiger partial charge in [0.05, 0.1) is 11.7 Å². The first-order valence-corrected chi connectivity index (χ1v) is 5.10. The van der Waals surface area contributed by atoms with E-state index in [1.54, 1.807) is 10.9 Å². The Kier molecular flexibility index (Phi) is 2.37. The minimum Gasteiger partial charge on any atom is -0.301 e. The molecule has 0 aliphatic rings. The maximum atomic E-state index is 10.7. The van der Waals surface area contributed by atoms with Crippen LogP contribution in [0, 0.1) is 0 Å². The minimum atomic E-state index is -0.221.